The van der Waals surface area contributed by atoms with E-state index in [1.54, 1.807) is 0 Å². The first-order chi connectivity index (χ1) is 10.2. The smallest absolute Gasteiger partial charge is 0.0237 e. The fraction of sp³-hybridized carbons (Fsp3) is 0.300. The zero-order chi connectivity index (χ0) is 14.7. The molecule has 0 unspecified atom stereocenters. The first-order valence-corrected chi connectivity index (χ1v) is 7.75. The van der Waals surface area contributed by atoms with E-state index in [-0.39, 0.29) is 0 Å². The summed E-state index contributed by atoms with van der Waals surface area (Å²) in [5.41, 5.74) is 7.07. The lowest BCUT2D eigenvalue weighted by Gasteiger charge is -2.26. The van der Waals surface area contributed by atoms with Gasteiger partial charge in [0, 0.05) is 19.6 Å². The van der Waals surface area contributed by atoms with Gasteiger partial charge in [0.25, 0.3) is 0 Å². The molecule has 2 aromatic carbocycles. The molecule has 0 N–H and O–H groups in total. The van der Waals surface area contributed by atoms with Crippen LogP contribution >= 0.6 is 0 Å². The Labute approximate surface area is 127 Å². The van der Waals surface area contributed by atoms with Crippen molar-refractivity contribution < 1.29 is 0 Å². The molecule has 0 radical (unpaired) electrons. The van der Waals surface area contributed by atoms with E-state index in [0.717, 1.165) is 26.1 Å². The third-order valence-corrected chi connectivity index (χ3v) is 4.42. The van der Waals surface area contributed by atoms with Crippen LogP contribution in [0.1, 0.15) is 28.7 Å². The number of benzene rings is 2. The molecule has 0 bridgehead atoms. The second-order valence-electron chi connectivity index (χ2n) is 6.00. The predicted octanol–water partition coefficient (Wildman–Crippen LogP) is 4.59. The molecule has 1 aliphatic heterocycles. The number of rotatable bonds is 3. The SMILES string of the molecule is Cc1ccc(C2=CCN(Cc3ccccc3)CC2)cc1C. The standard InChI is InChI=1S/C20H23N/c1-16-8-9-20(14-17(16)2)19-10-12-21(13-11-19)15-18-6-4-3-5-7-18/h3-10,14H,11-13,15H2,1-2H3. The van der Waals surface area contributed by atoms with Crippen LogP contribution in [0, 0.1) is 13.8 Å². The minimum atomic E-state index is 1.05. The van der Waals surface area contributed by atoms with E-state index in [4.69, 9.17) is 0 Å². The van der Waals surface area contributed by atoms with Gasteiger partial charge in [-0.05, 0) is 48.1 Å². The summed E-state index contributed by atoms with van der Waals surface area (Å²) < 4.78 is 0. The summed E-state index contributed by atoms with van der Waals surface area (Å²) in [6.07, 6.45) is 3.55. The van der Waals surface area contributed by atoms with Crippen LogP contribution in [-0.4, -0.2) is 18.0 Å². The maximum Gasteiger partial charge on any atom is 0.0237 e. The van der Waals surface area contributed by atoms with E-state index >= 15 is 0 Å². The number of nitrogens with zero attached hydrogens (tertiary/aromatic N) is 1. The number of hydrogen-bond donors (Lipinski definition) is 0. The fourth-order valence-corrected chi connectivity index (χ4v) is 2.90. The summed E-state index contributed by atoms with van der Waals surface area (Å²) in [6, 6.07) is 17.6. The van der Waals surface area contributed by atoms with Crippen molar-refractivity contribution in [1.29, 1.82) is 0 Å². The Hall–Kier alpha value is -1.86. The summed E-state index contributed by atoms with van der Waals surface area (Å²) in [5, 5.41) is 0. The third-order valence-electron chi connectivity index (χ3n) is 4.42. The predicted molar refractivity (Wildman–Crippen MR) is 90.2 cm³/mol. The Balaban J connectivity index is 1.67. The fourth-order valence-electron chi connectivity index (χ4n) is 2.90. The highest BCUT2D eigenvalue weighted by atomic mass is 15.1. The van der Waals surface area contributed by atoms with Crippen molar-refractivity contribution in [2.75, 3.05) is 13.1 Å². The second kappa shape index (κ2) is 6.28. The van der Waals surface area contributed by atoms with E-state index in [2.05, 4.69) is 73.4 Å². The molecule has 0 amide bonds. The Kier molecular flexibility index (Phi) is 4.21. The van der Waals surface area contributed by atoms with Crippen LogP contribution in [0.15, 0.2) is 54.6 Å². The van der Waals surface area contributed by atoms with E-state index in [1.165, 1.54) is 27.8 Å². The summed E-state index contributed by atoms with van der Waals surface area (Å²) >= 11 is 0. The lowest BCUT2D eigenvalue weighted by molar-refractivity contribution is 0.294. The van der Waals surface area contributed by atoms with Crippen molar-refractivity contribution in [3.05, 3.63) is 76.9 Å². The molecule has 0 atom stereocenters. The van der Waals surface area contributed by atoms with Crippen LogP contribution in [0.3, 0.4) is 0 Å². The van der Waals surface area contributed by atoms with Crippen molar-refractivity contribution >= 4 is 5.57 Å². The quantitative estimate of drug-likeness (QED) is 0.793. The van der Waals surface area contributed by atoms with Crippen LogP contribution < -0.4 is 0 Å². The Morgan fingerprint density at radius 2 is 1.76 bits per heavy atom. The summed E-state index contributed by atoms with van der Waals surface area (Å²) in [6.45, 7) is 7.63. The lowest BCUT2D eigenvalue weighted by Crippen LogP contribution is -2.27. The lowest BCUT2D eigenvalue weighted by atomic mass is 9.96. The molecular weight excluding hydrogens is 254 g/mol. The molecule has 1 aliphatic rings. The van der Waals surface area contributed by atoms with Crippen molar-refractivity contribution in [3.63, 3.8) is 0 Å². The monoisotopic (exact) mass is 277 g/mol. The van der Waals surface area contributed by atoms with E-state index < -0.39 is 0 Å². The summed E-state index contributed by atoms with van der Waals surface area (Å²) in [7, 11) is 0. The topological polar surface area (TPSA) is 3.24 Å². The number of hydrogen-bond acceptors (Lipinski definition) is 1. The molecule has 0 aliphatic carbocycles. The van der Waals surface area contributed by atoms with Gasteiger partial charge in [-0.2, -0.15) is 0 Å². The van der Waals surface area contributed by atoms with Crippen LogP contribution in [0.4, 0.5) is 0 Å². The van der Waals surface area contributed by atoms with Crippen molar-refractivity contribution in [2.45, 2.75) is 26.8 Å². The van der Waals surface area contributed by atoms with Gasteiger partial charge in [0.1, 0.15) is 0 Å². The van der Waals surface area contributed by atoms with Gasteiger partial charge in [0.15, 0.2) is 0 Å². The molecule has 0 saturated carbocycles. The van der Waals surface area contributed by atoms with Gasteiger partial charge in [-0.15, -0.1) is 0 Å². The summed E-state index contributed by atoms with van der Waals surface area (Å²) in [4.78, 5) is 2.51. The molecule has 1 heterocycles. The van der Waals surface area contributed by atoms with Gasteiger partial charge < -0.3 is 0 Å². The average Bonchev–Trinajstić information content (AvgIpc) is 2.52. The highest BCUT2D eigenvalue weighted by Gasteiger charge is 2.13. The van der Waals surface area contributed by atoms with Gasteiger partial charge in [-0.25, -0.2) is 0 Å². The van der Waals surface area contributed by atoms with Crippen LogP contribution in [0.25, 0.3) is 5.57 Å². The van der Waals surface area contributed by atoms with Crippen molar-refractivity contribution in [2.24, 2.45) is 0 Å². The molecule has 1 nitrogen and oxygen atoms in total. The van der Waals surface area contributed by atoms with Gasteiger partial charge in [-0.1, -0.05) is 54.6 Å². The molecule has 3 rings (SSSR count). The molecule has 0 saturated heterocycles. The van der Waals surface area contributed by atoms with Gasteiger partial charge in [-0.3, -0.25) is 4.90 Å². The molecule has 0 spiro atoms. The molecular formula is C20H23N. The first kappa shape index (κ1) is 14.1. The van der Waals surface area contributed by atoms with E-state index in [1.807, 2.05) is 0 Å². The maximum absolute atomic E-state index is 2.51. The van der Waals surface area contributed by atoms with Crippen LogP contribution in [-0.2, 0) is 6.54 Å². The molecule has 0 aromatic heterocycles. The highest BCUT2D eigenvalue weighted by molar-refractivity contribution is 5.67. The van der Waals surface area contributed by atoms with Crippen LogP contribution in [0.5, 0.6) is 0 Å². The van der Waals surface area contributed by atoms with Crippen LogP contribution in [0.2, 0.25) is 0 Å². The average molecular weight is 277 g/mol. The van der Waals surface area contributed by atoms with Gasteiger partial charge >= 0.3 is 0 Å². The minimum absolute atomic E-state index is 1.05. The Morgan fingerprint density at radius 3 is 2.43 bits per heavy atom. The second-order valence-corrected chi connectivity index (χ2v) is 6.00. The largest absolute Gasteiger partial charge is 0.295 e. The third kappa shape index (κ3) is 3.43. The molecule has 21 heavy (non-hydrogen) atoms. The molecule has 0 fully saturated rings. The Bertz CT molecular complexity index is 640. The maximum atomic E-state index is 2.51. The van der Waals surface area contributed by atoms with E-state index in [0.29, 0.717) is 0 Å². The first-order valence-electron chi connectivity index (χ1n) is 7.75. The number of aryl methyl sites for hydroxylation is 2. The van der Waals surface area contributed by atoms with Gasteiger partial charge in [0.05, 0.1) is 0 Å². The Morgan fingerprint density at radius 1 is 0.952 bits per heavy atom. The molecule has 1 heteroatoms. The summed E-state index contributed by atoms with van der Waals surface area (Å²) in [5.74, 6) is 0. The zero-order valence-electron chi connectivity index (χ0n) is 13.0. The normalized spacial score (nSPS) is 15.8. The highest BCUT2D eigenvalue weighted by Crippen LogP contribution is 2.24. The van der Waals surface area contributed by atoms with Gasteiger partial charge in [0.2, 0.25) is 0 Å². The van der Waals surface area contributed by atoms with E-state index in [9.17, 15) is 0 Å². The molecule has 108 valence electrons. The zero-order valence-corrected chi connectivity index (χ0v) is 13.0. The molecule has 2 aromatic rings. The van der Waals surface area contributed by atoms with Crippen molar-refractivity contribution in [1.82, 2.24) is 4.90 Å². The van der Waals surface area contributed by atoms with Crippen molar-refractivity contribution in [3.8, 4) is 0 Å². The minimum Gasteiger partial charge on any atom is -0.295 e.